The maximum absolute atomic E-state index is 12.1. The van der Waals surface area contributed by atoms with E-state index >= 15 is 0 Å². The fourth-order valence-electron chi connectivity index (χ4n) is 1.69. The number of nitro benzene ring substituents is 1. The summed E-state index contributed by atoms with van der Waals surface area (Å²) in [6, 6.07) is 5.56. The molecule has 2 aromatic rings. The maximum Gasteiger partial charge on any atom is 0.283 e. The first-order valence-corrected chi connectivity index (χ1v) is 5.99. The topological polar surface area (TPSA) is 114 Å². The molecule has 0 aliphatic rings. The second-order valence-corrected chi connectivity index (χ2v) is 4.49. The SMILES string of the molecule is Cn1cc(C#N)c(NC(=O)c2ccc(Cl)cc2[N+](=O)[O-])n1. The Hall–Kier alpha value is -2.92. The molecule has 1 aromatic carbocycles. The Morgan fingerprint density at radius 3 is 2.90 bits per heavy atom. The smallest absolute Gasteiger partial charge is 0.283 e. The molecule has 0 aliphatic carbocycles. The zero-order valence-electron chi connectivity index (χ0n) is 10.7. The van der Waals surface area contributed by atoms with Gasteiger partial charge in [-0.15, -0.1) is 0 Å². The number of nitrogens with one attached hydrogen (secondary N) is 1. The van der Waals surface area contributed by atoms with Gasteiger partial charge in [-0.3, -0.25) is 19.6 Å². The summed E-state index contributed by atoms with van der Waals surface area (Å²) < 4.78 is 1.35. The van der Waals surface area contributed by atoms with E-state index in [1.165, 1.54) is 23.0 Å². The van der Waals surface area contributed by atoms with E-state index in [1.807, 2.05) is 6.07 Å². The van der Waals surface area contributed by atoms with Gasteiger partial charge in [-0.25, -0.2) is 0 Å². The normalized spacial score (nSPS) is 9.95. The molecule has 8 nitrogen and oxygen atoms in total. The van der Waals surface area contributed by atoms with Crippen LogP contribution in [0.15, 0.2) is 24.4 Å². The van der Waals surface area contributed by atoms with Crippen LogP contribution in [0.2, 0.25) is 5.02 Å². The number of carbonyl (C=O) groups excluding carboxylic acids is 1. The Morgan fingerprint density at radius 2 is 2.29 bits per heavy atom. The monoisotopic (exact) mass is 305 g/mol. The van der Waals surface area contributed by atoms with E-state index in [-0.39, 0.29) is 22.0 Å². The van der Waals surface area contributed by atoms with Crippen molar-refractivity contribution in [2.75, 3.05) is 5.32 Å². The van der Waals surface area contributed by atoms with E-state index < -0.39 is 16.5 Å². The third-order valence-corrected chi connectivity index (χ3v) is 2.82. The molecular weight excluding hydrogens is 298 g/mol. The van der Waals surface area contributed by atoms with Gasteiger partial charge in [-0.1, -0.05) is 11.6 Å². The molecule has 0 spiro atoms. The van der Waals surface area contributed by atoms with Gasteiger partial charge in [0, 0.05) is 24.3 Å². The van der Waals surface area contributed by atoms with Crippen LogP contribution in [0.1, 0.15) is 15.9 Å². The average molecular weight is 306 g/mol. The Bertz CT molecular complexity index is 778. The number of carbonyl (C=O) groups is 1. The lowest BCUT2D eigenvalue weighted by Crippen LogP contribution is -2.15. The lowest BCUT2D eigenvalue weighted by Gasteiger charge is -2.04. The number of aromatic nitrogens is 2. The predicted octanol–water partition coefficient (Wildman–Crippen LogP) is 2.11. The number of benzene rings is 1. The number of hydrogen-bond acceptors (Lipinski definition) is 5. The van der Waals surface area contributed by atoms with Crippen molar-refractivity contribution in [3.8, 4) is 6.07 Å². The predicted molar refractivity (Wildman–Crippen MR) is 74.0 cm³/mol. The van der Waals surface area contributed by atoms with Gasteiger partial charge in [0.05, 0.1) is 4.92 Å². The van der Waals surface area contributed by atoms with Crippen molar-refractivity contribution in [3.05, 3.63) is 50.7 Å². The van der Waals surface area contributed by atoms with Crippen molar-refractivity contribution in [3.63, 3.8) is 0 Å². The molecule has 1 amide bonds. The number of rotatable bonds is 3. The van der Waals surface area contributed by atoms with Gasteiger partial charge in [-0.2, -0.15) is 10.4 Å². The van der Waals surface area contributed by atoms with Crippen LogP contribution in [0.3, 0.4) is 0 Å². The largest absolute Gasteiger partial charge is 0.304 e. The van der Waals surface area contributed by atoms with Gasteiger partial charge in [0.2, 0.25) is 0 Å². The molecule has 21 heavy (non-hydrogen) atoms. The minimum Gasteiger partial charge on any atom is -0.304 e. The number of nitrogens with zero attached hydrogens (tertiary/aromatic N) is 4. The molecule has 0 bridgehead atoms. The van der Waals surface area contributed by atoms with Gasteiger partial charge in [-0.05, 0) is 12.1 Å². The molecule has 0 fully saturated rings. The molecule has 0 radical (unpaired) electrons. The molecule has 0 aliphatic heterocycles. The quantitative estimate of drug-likeness (QED) is 0.689. The highest BCUT2D eigenvalue weighted by Gasteiger charge is 2.22. The van der Waals surface area contributed by atoms with Crippen LogP contribution in [0, 0.1) is 21.4 Å². The van der Waals surface area contributed by atoms with Crippen LogP contribution in [0.4, 0.5) is 11.5 Å². The summed E-state index contributed by atoms with van der Waals surface area (Å²) in [5.41, 5.74) is -0.434. The van der Waals surface area contributed by atoms with Crippen LogP contribution in [-0.4, -0.2) is 20.6 Å². The third-order valence-electron chi connectivity index (χ3n) is 2.58. The second-order valence-electron chi connectivity index (χ2n) is 4.05. The molecule has 9 heteroatoms. The van der Waals surface area contributed by atoms with Crippen molar-refractivity contribution in [2.45, 2.75) is 0 Å². The number of nitriles is 1. The minimum absolute atomic E-state index is 0.0363. The van der Waals surface area contributed by atoms with Gasteiger partial charge in [0.25, 0.3) is 11.6 Å². The van der Waals surface area contributed by atoms with Crippen molar-refractivity contribution in [2.24, 2.45) is 7.05 Å². The Labute approximate surface area is 123 Å². The highest BCUT2D eigenvalue weighted by Crippen LogP contribution is 2.24. The minimum atomic E-state index is -0.742. The van der Waals surface area contributed by atoms with Crippen LogP contribution in [0.5, 0.6) is 0 Å². The lowest BCUT2D eigenvalue weighted by atomic mass is 10.1. The number of anilines is 1. The van der Waals surface area contributed by atoms with Crippen LogP contribution in [0.25, 0.3) is 0 Å². The third kappa shape index (κ3) is 2.98. The Morgan fingerprint density at radius 1 is 1.57 bits per heavy atom. The first kappa shape index (κ1) is 14.5. The van der Waals surface area contributed by atoms with Crippen molar-refractivity contribution in [1.82, 2.24) is 9.78 Å². The van der Waals surface area contributed by atoms with Crippen LogP contribution in [-0.2, 0) is 7.05 Å². The summed E-state index contributed by atoms with van der Waals surface area (Å²) in [5.74, 6) is -0.706. The highest BCUT2D eigenvalue weighted by atomic mass is 35.5. The zero-order chi connectivity index (χ0) is 15.6. The van der Waals surface area contributed by atoms with Gasteiger partial charge in [0.1, 0.15) is 17.2 Å². The first-order chi connectivity index (χ1) is 9.92. The van der Waals surface area contributed by atoms with Crippen molar-refractivity contribution in [1.29, 1.82) is 5.26 Å². The second kappa shape index (κ2) is 5.60. The summed E-state index contributed by atoms with van der Waals surface area (Å²) in [6.45, 7) is 0. The summed E-state index contributed by atoms with van der Waals surface area (Å²) in [4.78, 5) is 22.4. The van der Waals surface area contributed by atoms with Crippen molar-refractivity contribution < 1.29 is 9.72 Å². The maximum atomic E-state index is 12.1. The molecule has 1 N–H and O–H groups in total. The molecule has 1 aromatic heterocycles. The molecule has 0 atom stereocenters. The Balaban J connectivity index is 2.37. The van der Waals surface area contributed by atoms with Gasteiger partial charge in [0.15, 0.2) is 5.82 Å². The van der Waals surface area contributed by atoms with E-state index in [1.54, 1.807) is 7.05 Å². The van der Waals surface area contributed by atoms with Crippen molar-refractivity contribution >= 4 is 29.0 Å². The van der Waals surface area contributed by atoms with Crippen LogP contribution < -0.4 is 5.32 Å². The molecule has 1 heterocycles. The molecule has 0 saturated carbocycles. The summed E-state index contributed by atoms with van der Waals surface area (Å²) >= 11 is 5.68. The number of halogens is 1. The van der Waals surface area contributed by atoms with E-state index in [9.17, 15) is 14.9 Å². The number of nitro groups is 1. The molecule has 0 unspecified atom stereocenters. The van der Waals surface area contributed by atoms with E-state index in [0.29, 0.717) is 0 Å². The number of hydrogen-bond donors (Lipinski definition) is 1. The summed E-state index contributed by atoms with van der Waals surface area (Å²) in [6.07, 6.45) is 1.42. The summed E-state index contributed by atoms with van der Waals surface area (Å²) in [5, 5.41) is 26.3. The van der Waals surface area contributed by atoms with E-state index in [2.05, 4.69) is 10.4 Å². The fourth-order valence-corrected chi connectivity index (χ4v) is 1.85. The fraction of sp³-hybridized carbons (Fsp3) is 0.0833. The first-order valence-electron chi connectivity index (χ1n) is 5.61. The molecule has 0 saturated heterocycles. The van der Waals surface area contributed by atoms with E-state index in [0.717, 1.165) is 6.07 Å². The zero-order valence-corrected chi connectivity index (χ0v) is 11.5. The number of aryl methyl sites for hydroxylation is 1. The highest BCUT2D eigenvalue weighted by molar-refractivity contribution is 6.31. The van der Waals surface area contributed by atoms with Gasteiger partial charge >= 0.3 is 0 Å². The Kier molecular flexibility index (Phi) is 3.86. The van der Waals surface area contributed by atoms with Gasteiger partial charge < -0.3 is 5.32 Å². The van der Waals surface area contributed by atoms with E-state index in [4.69, 9.17) is 16.9 Å². The molecule has 2 rings (SSSR count). The molecular formula is C12H8ClN5O3. The van der Waals surface area contributed by atoms with Crippen LogP contribution >= 0.6 is 11.6 Å². The molecule has 106 valence electrons. The lowest BCUT2D eigenvalue weighted by molar-refractivity contribution is -0.385. The standard InChI is InChI=1S/C12H8ClN5O3/c1-17-6-7(5-14)11(16-17)15-12(19)9-3-2-8(13)4-10(9)18(20)21/h2-4,6H,1H3,(H,15,16,19). The number of amides is 1. The summed E-state index contributed by atoms with van der Waals surface area (Å²) in [7, 11) is 1.58. The average Bonchev–Trinajstić information content (AvgIpc) is 2.78.